The van der Waals surface area contributed by atoms with Gasteiger partial charge in [0.2, 0.25) is 0 Å². The van der Waals surface area contributed by atoms with E-state index in [9.17, 15) is 10.2 Å². The van der Waals surface area contributed by atoms with Crippen LogP contribution in [0.5, 0.6) is 11.5 Å². The predicted octanol–water partition coefficient (Wildman–Crippen LogP) is 3.71. The van der Waals surface area contributed by atoms with E-state index in [1.54, 1.807) is 18.2 Å². The van der Waals surface area contributed by atoms with Gasteiger partial charge in [0.1, 0.15) is 11.5 Å². The quantitative estimate of drug-likeness (QED) is 0.631. The Balaban J connectivity index is 2.77. The van der Waals surface area contributed by atoms with Gasteiger partial charge in [-0.25, -0.2) is 0 Å². The Kier molecular flexibility index (Phi) is 3.38. The monoisotopic (exact) mass is 240 g/mol. The summed E-state index contributed by atoms with van der Waals surface area (Å²) in [6, 6.07) is 7.21. The van der Waals surface area contributed by atoms with Crippen molar-refractivity contribution in [3.8, 4) is 11.5 Å². The topological polar surface area (TPSA) is 40.5 Å². The van der Waals surface area contributed by atoms with E-state index in [4.69, 9.17) is 0 Å². The molecule has 0 spiro atoms. The fourth-order valence-electron chi connectivity index (χ4n) is 2.22. The van der Waals surface area contributed by atoms with Crippen molar-refractivity contribution in [1.29, 1.82) is 0 Å². The van der Waals surface area contributed by atoms with Gasteiger partial charge in [-0.1, -0.05) is 30.4 Å². The lowest BCUT2D eigenvalue weighted by atomic mass is 9.97. The maximum atomic E-state index is 10.2. The Morgan fingerprint density at radius 3 is 2.33 bits per heavy atom. The molecule has 2 heteroatoms. The van der Waals surface area contributed by atoms with E-state index in [-0.39, 0.29) is 11.5 Å². The minimum absolute atomic E-state index is 0.192. The van der Waals surface area contributed by atoms with Gasteiger partial charge in [-0.15, -0.1) is 13.2 Å². The summed E-state index contributed by atoms with van der Waals surface area (Å²) in [5.74, 6) is 0.408. The van der Waals surface area contributed by atoms with Crippen LogP contribution in [0.3, 0.4) is 0 Å². The molecular weight excluding hydrogens is 224 g/mol. The average Bonchev–Trinajstić information content (AvgIpc) is 2.36. The molecule has 0 aliphatic carbocycles. The molecular formula is C16H16O2. The predicted molar refractivity (Wildman–Crippen MR) is 75.1 cm³/mol. The van der Waals surface area contributed by atoms with Crippen LogP contribution in [0.25, 0.3) is 10.8 Å². The van der Waals surface area contributed by atoms with Gasteiger partial charge in [0.05, 0.1) is 0 Å². The summed E-state index contributed by atoms with van der Waals surface area (Å²) >= 11 is 0. The summed E-state index contributed by atoms with van der Waals surface area (Å²) < 4.78 is 0. The SMILES string of the molecule is C=CCc1cc(O)c2c(CC=C)cccc2c1O. The van der Waals surface area contributed by atoms with Crippen molar-refractivity contribution >= 4 is 10.8 Å². The molecule has 0 aliphatic rings. The molecule has 0 saturated heterocycles. The standard InChI is InChI=1S/C16H16O2/c1-3-6-11-8-5-9-13-15(11)14(17)10-12(7-4-2)16(13)18/h3-5,8-10,17-18H,1-2,6-7H2. The molecule has 2 nitrogen and oxygen atoms in total. The van der Waals surface area contributed by atoms with E-state index in [0.717, 1.165) is 5.56 Å². The van der Waals surface area contributed by atoms with Gasteiger partial charge in [-0.05, 0) is 24.5 Å². The van der Waals surface area contributed by atoms with Crippen LogP contribution in [0.15, 0.2) is 49.6 Å². The number of fused-ring (bicyclic) bond motifs is 1. The molecule has 18 heavy (non-hydrogen) atoms. The van der Waals surface area contributed by atoms with Crippen LogP contribution in [0.2, 0.25) is 0 Å². The molecule has 2 N–H and O–H groups in total. The summed E-state index contributed by atoms with van der Waals surface area (Å²) in [7, 11) is 0. The van der Waals surface area contributed by atoms with Crippen molar-refractivity contribution in [1.82, 2.24) is 0 Å². The number of hydrogen-bond acceptors (Lipinski definition) is 2. The smallest absolute Gasteiger partial charge is 0.127 e. The summed E-state index contributed by atoms with van der Waals surface area (Å²) in [5, 5.41) is 21.7. The number of hydrogen-bond donors (Lipinski definition) is 2. The molecule has 0 amide bonds. The van der Waals surface area contributed by atoms with Gasteiger partial charge in [-0.3, -0.25) is 0 Å². The Labute approximate surface area is 107 Å². The third-order valence-corrected chi connectivity index (χ3v) is 3.01. The highest BCUT2D eigenvalue weighted by atomic mass is 16.3. The third kappa shape index (κ3) is 1.97. The van der Waals surface area contributed by atoms with E-state index in [0.29, 0.717) is 29.2 Å². The van der Waals surface area contributed by atoms with Crippen molar-refractivity contribution in [2.45, 2.75) is 12.8 Å². The zero-order valence-electron chi connectivity index (χ0n) is 10.2. The van der Waals surface area contributed by atoms with E-state index in [1.807, 2.05) is 18.2 Å². The highest BCUT2D eigenvalue weighted by Crippen LogP contribution is 2.37. The van der Waals surface area contributed by atoms with Gasteiger partial charge < -0.3 is 10.2 Å². The summed E-state index contributed by atoms with van der Waals surface area (Å²) in [6.45, 7) is 7.35. The maximum Gasteiger partial charge on any atom is 0.127 e. The second-order valence-electron chi connectivity index (χ2n) is 4.23. The Morgan fingerprint density at radius 2 is 1.67 bits per heavy atom. The van der Waals surface area contributed by atoms with E-state index < -0.39 is 0 Å². The molecule has 0 atom stereocenters. The highest BCUT2D eigenvalue weighted by molar-refractivity contribution is 5.96. The first-order chi connectivity index (χ1) is 8.69. The van der Waals surface area contributed by atoms with Crippen LogP contribution in [-0.4, -0.2) is 10.2 Å². The van der Waals surface area contributed by atoms with Crippen LogP contribution in [-0.2, 0) is 12.8 Å². The molecule has 0 radical (unpaired) electrons. The number of rotatable bonds is 4. The first kappa shape index (κ1) is 12.2. The Bertz CT molecular complexity index is 612. The summed E-state index contributed by atoms with van der Waals surface area (Å²) in [6.07, 6.45) is 4.67. The van der Waals surface area contributed by atoms with Gasteiger partial charge >= 0.3 is 0 Å². The lowest BCUT2D eigenvalue weighted by Crippen LogP contribution is -1.89. The molecule has 0 heterocycles. The van der Waals surface area contributed by atoms with Crippen LogP contribution in [0.4, 0.5) is 0 Å². The van der Waals surface area contributed by atoms with Crippen LogP contribution in [0.1, 0.15) is 11.1 Å². The molecule has 2 rings (SSSR count). The fourth-order valence-corrected chi connectivity index (χ4v) is 2.22. The third-order valence-electron chi connectivity index (χ3n) is 3.01. The molecule has 0 aromatic heterocycles. The lowest BCUT2D eigenvalue weighted by molar-refractivity contribution is 0.464. The molecule has 0 bridgehead atoms. The maximum absolute atomic E-state index is 10.2. The number of phenols is 2. The van der Waals surface area contributed by atoms with Crippen molar-refractivity contribution in [3.63, 3.8) is 0 Å². The second-order valence-corrected chi connectivity index (χ2v) is 4.23. The van der Waals surface area contributed by atoms with Gasteiger partial charge in [0, 0.05) is 16.3 Å². The first-order valence-electron chi connectivity index (χ1n) is 5.86. The number of allylic oxidation sites excluding steroid dienone is 2. The highest BCUT2D eigenvalue weighted by Gasteiger charge is 2.12. The minimum atomic E-state index is 0.192. The van der Waals surface area contributed by atoms with E-state index in [1.165, 1.54) is 0 Å². The fraction of sp³-hybridized carbons (Fsp3) is 0.125. The molecule has 0 fully saturated rings. The molecule has 0 saturated carbocycles. The summed E-state index contributed by atoms with van der Waals surface area (Å²) in [4.78, 5) is 0. The van der Waals surface area contributed by atoms with Crippen molar-refractivity contribution < 1.29 is 10.2 Å². The lowest BCUT2D eigenvalue weighted by Gasteiger charge is -2.11. The summed E-state index contributed by atoms with van der Waals surface area (Å²) in [5.41, 5.74) is 1.64. The average molecular weight is 240 g/mol. The largest absolute Gasteiger partial charge is 0.507 e. The number of aromatic hydroxyl groups is 2. The molecule has 0 aliphatic heterocycles. The van der Waals surface area contributed by atoms with Gasteiger partial charge in [0.15, 0.2) is 0 Å². The van der Waals surface area contributed by atoms with Crippen molar-refractivity contribution in [3.05, 3.63) is 60.7 Å². The molecule has 92 valence electrons. The van der Waals surface area contributed by atoms with E-state index >= 15 is 0 Å². The van der Waals surface area contributed by atoms with Gasteiger partial charge in [0.25, 0.3) is 0 Å². The number of phenolic OH excluding ortho intramolecular Hbond substituents is 2. The Morgan fingerprint density at radius 1 is 1.00 bits per heavy atom. The van der Waals surface area contributed by atoms with Crippen LogP contribution in [0, 0.1) is 0 Å². The molecule has 2 aromatic rings. The van der Waals surface area contributed by atoms with Gasteiger partial charge in [-0.2, -0.15) is 0 Å². The van der Waals surface area contributed by atoms with E-state index in [2.05, 4.69) is 13.2 Å². The minimum Gasteiger partial charge on any atom is -0.507 e. The van der Waals surface area contributed by atoms with Crippen LogP contribution < -0.4 is 0 Å². The molecule has 0 unspecified atom stereocenters. The Hall–Kier alpha value is -2.22. The first-order valence-corrected chi connectivity index (χ1v) is 5.86. The van der Waals surface area contributed by atoms with Crippen molar-refractivity contribution in [2.24, 2.45) is 0 Å². The molecule has 2 aromatic carbocycles. The number of benzene rings is 2. The zero-order valence-corrected chi connectivity index (χ0v) is 10.2. The second kappa shape index (κ2) is 4.96. The van der Waals surface area contributed by atoms with Crippen molar-refractivity contribution in [2.75, 3.05) is 0 Å². The normalized spacial score (nSPS) is 10.4. The zero-order chi connectivity index (χ0) is 13.1. The van der Waals surface area contributed by atoms with Crippen LogP contribution >= 0.6 is 0 Å².